The number of amides is 2. The molecule has 1 saturated carbocycles. The first-order valence-corrected chi connectivity index (χ1v) is 7.30. The molecule has 0 spiro atoms. The lowest BCUT2D eigenvalue weighted by Crippen LogP contribution is -2.46. The summed E-state index contributed by atoms with van der Waals surface area (Å²) in [5.41, 5.74) is 0.783. The number of anilines is 1. The molecular formula is C15H18FN5O. The summed E-state index contributed by atoms with van der Waals surface area (Å²) in [5.74, 6) is 0.246. The smallest absolute Gasteiger partial charge is 0.317 e. The van der Waals surface area contributed by atoms with Gasteiger partial charge in [-0.05, 0) is 37.0 Å². The minimum atomic E-state index is -0.290. The van der Waals surface area contributed by atoms with E-state index in [4.69, 9.17) is 0 Å². The van der Waals surface area contributed by atoms with Gasteiger partial charge in [0.25, 0.3) is 0 Å². The Hall–Kier alpha value is -2.44. The van der Waals surface area contributed by atoms with E-state index in [9.17, 15) is 9.18 Å². The first-order chi connectivity index (χ1) is 10.6. The van der Waals surface area contributed by atoms with E-state index in [1.807, 2.05) is 6.07 Å². The van der Waals surface area contributed by atoms with Gasteiger partial charge < -0.3 is 4.90 Å². The molecule has 2 amide bonds. The molecule has 0 unspecified atom stereocenters. The maximum absolute atomic E-state index is 13.3. The summed E-state index contributed by atoms with van der Waals surface area (Å²) in [4.78, 5) is 14.3. The number of benzene rings is 1. The van der Waals surface area contributed by atoms with E-state index in [1.54, 1.807) is 18.0 Å². The normalized spacial score (nSPS) is 14.5. The van der Waals surface area contributed by atoms with Crippen molar-refractivity contribution < 1.29 is 9.18 Å². The van der Waals surface area contributed by atoms with Crippen LogP contribution in [-0.2, 0) is 13.6 Å². The zero-order valence-electron chi connectivity index (χ0n) is 12.4. The van der Waals surface area contributed by atoms with E-state index in [-0.39, 0.29) is 17.9 Å². The highest BCUT2D eigenvalue weighted by atomic mass is 19.1. The molecule has 1 heterocycles. The quantitative estimate of drug-likeness (QED) is 0.944. The van der Waals surface area contributed by atoms with Crippen molar-refractivity contribution in [2.45, 2.75) is 31.8 Å². The number of carbonyl (C=O) groups is 1. The summed E-state index contributed by atoms with van der Waals surface area (Å²) >= 11 is 0. The number of carbonyl (C=O) groups excluding carboxylic acids is 1. The van der Waals surface area contributed by atoms with Crippen LogP contribution in [0.3, 0.4) is 0 Å². The van der Waals surface area contributed by atoms with Gasteiger partial charge in [0.1, 0.15) is 5.82 Å². The van der Waals surface area contributed by atoms with Gasteiger partial charge in [0.2, 0.25) is 0 Å². The zero-order chi connectivity index (χ0) is 15.5. The van der Waals surface area contributed by atoms with Crippen molar-refractivity contribution >= 4 is 11.8 Å². The lowest BCUT2D eigenvalue weighted by molar-refractivity contribution is 0.143. The van der Waals surface area contributed by atoms with Crippen molar-refractivity contribution in [1.82, 2.24) is 19.9 Å². The van der Waals surface area contributed by atoms with Crippen molar-refractivity contribution in [3.05, 3.63) is 41.8 Å². The Labute approximate surface area is 127 Å². The number of rotatable bonds is 4. The lowest BCUT2D eigenvalue weighted by atomic mass is 9.91. The molecule has 1 N–H and O–H groups in total. The molecule has 6 nitrogen and oxygen atoms in total. The molecule has 0 radical (unpaired) electrons. The van der Waals surface area contributed by atoms with E-state index < -0.39 is 0 Å². The molecule has 1 fully saturated rings. The van der Waals surface area contributed by atoms with Gasteiger partial charge in [-0.15, -0.1) is 5.10 Å². The number of hydrogen-bond acceptors (Lipinski definition) is 3. The van der Waals surface area contributed by atoms with Gasteiger partial charge in [0.15, 0.2) is 5.82 Å². The third-order valence-corrected chi connectivity index (χ3v) is 3.97. The van der Waals surface area contributed by atoms with Crippen LogP contribution >= 0.6 is 0 Å². The van der Waals surface area contributed by atoms with E-state index in [2.05, 4.69) is 15.6 Å². The predicted molar refractivity (Wildman–Crippen MR) is 79.6 cm³/mol. The number of halogens is 1. The number of aryl methyl sites for hydroxylation is 1. The van der Waals surface area contributed by atoms with E-state index in [0.717, 1.165) is 24.8 Å². The average molecular weight is 303 g/mol. The second-order valence-corrected chi connectivity index (χ2v) is 5.52. The molecule has 3 rings (SSSR count). The van der Waals surface area contributed by atoms with Crippen LogP contribution in [0.2, 0.25) is 0 Å². The van der Waals surface area contributed by atoms with Gasteiger partial charge in [-0.25, -0.2) is 13.9 Å². The Bertz CT molecular complexity index is 667. The standard InChI is InChI=1S/C15H18FN5O/c1-20-14(9-17-19-20)18-15(22)21(13-6-3-7-13)10-11-4-2-5-12(16)8-11/h2,4-5,8-9,13H,3,6-7,10H2,1H3,(H,18,22). The summed E-state index contributed by atoms with van der Waals surface area (Å²) in [6.07, 6.45) is 4.57. The third kappa shape index (κ3) is 3.08. The Morgan fingerprint density at radius 3 is 2.91 bits per heavy atom. The number of nitrogens with one attached hydrogen (secondary N) is 1. The Morgan fingerprint density at radius 2 is 2.32 bits per heavy atom. The molecule has 116 valence electrons. The maximum Gasteiger partial charge on any atom is 0.323 e. The predicted octanol–water partition coefficient (Wildman–Crippen LogP) is 2.54. The zero-order valence-corrected chi connectivity index (χ0v) is 12.4. The minimum absolute atomic E-state index is 0.199. The molecule has 1 aliphatic carbocycles. The van der Waals surface area contributed by atoms with Crippen LogP contribution in [0.5, 0.6) is 0 Å². The SMILES string of the molecule is Cn1nncc1NC(=O)N(Cc1cccc(F)c1)C1CCC1. The van der Waals surface area contributed by atoms with Crippen LogP contribution < -0.4 is 5.32 Å². The Kier molecular flexibility index (Phi) is 4.04. The van der Waals surface area contributed by atoms with Crippen LogP contribution in [0.25, 0.3) is 0 Å². The number of aromatic nitrogens is 3. The fourth-order valence-corrected chi connectivity index (χ4v) is 2.48. The number of hydrogen-bond donors (Lipinski definition) is 1. The summed E-state index contributed by atoms with van der Waals surface area (Å²) in [6.45, 7) is 0.388. The first-order valence-electron chi connectivity index (χ1n) is 7.30. The highest BCUT2D eigenvalue weighted by molar-refractivity contribution is 5.88. The van der Waals surface area contributed by atoms with Crippen LogP contribution in [0.4, 0.5) is 15.0 Å². The second kappa shape index (κ2) is 6.13. The largest absolute Gasteiger partial charge is 0.323 e. The highest BCUT2D eigenvalue weighted by Gasteiger charge is 2.29. The van der Waals surface area contributed by atoms with Crippen LogP contribution in [0.1, 0.15) is 24.8 Å². The third-order valence-electron chi connectivity index (χ3n) is 3.97. The summed E-state index contributed by atoms with van der Waals surface area (Å²) in [7, 11) is 1.71. The Morgan fingerprint density at radius 1 is 1.50 bits per heavy atom. The molecular weight excluding hydrogens is 285 g/mol. The van der Waals surface area contributed by atoms with Gasteiger partial charge in [-0.2, -0.15) is 0 Å². The molecule has 1 aliphatic rings. The van der Waals surface area contributed by atoms with Gasteiger partial charge in [-0.3, -0.25) is 5.32 Å². The first kappa shape index (κ1) is 14.5. The summed E-state index contributed by atoms with van der Waals surface area (Å²) < 4.78 is 14.8. The fraction of sp³-hybridized carbons (Fsp3) is 0.400. The highest BCUT2D eigenvalue weighted by Crippen LogP contribution is 2.27. The van der Waals surface area contributed by atoms with Crippen molar-refractivity contribution in [3.63, 3.8) is 0 Å². The average Bonchev–Trinajstić information content (AvgIpc) is 2.81. The lowest BCUT2D eigenvalue weighted by Gasteiger charge is -2.37. The van der Waals surface area contributed by atoms with E-state index in [0.29, 0.717) is 12.4 Å². The topological polar surface area (TPSA) is 63.1 Å². The molecule has 0 atom stereocenters. The molecule has 0 saturated heterocycles. The number of urea groups is 1. The van der Waals surface area contributed by atoms with Crippen molar-refractivity contribution in [3.8, 4) is 0 Å². The van der Waals surface area contributed by atoms with Crippen molar-refractivity contribution in [2.75, 3.05) is 5.32 Å². The Balaban J connectivity index is 1.74. The summed E-state index contributed by atoms with van der Waals surface area (Å²) in [5, 5.41) is 10.3. The summed E-state index contributed by atoms with van der Waals surface area (Å²) in [6, 6.07) is 6.34. The molecule has 1 aromatic heterocycles. The van der Waals surface area contributed by atoms with Gasteiger partial charge in [-0.1, -0.05) is 17.3 Å². The van der Waals surface area contributed by atoms with Gasteiger partial charge in [0, 0.05) is 19.6 Å². The molecule has 0 aliphatic heterocycles. The van der Waals surface area contributed by atoms with Crippen LogP contribution in [0, 0.1) is 5.82 Å². The molecule has 2 aromatic rings. The fourth-order valence-electron chi connectivity index (χ4n) is 2.48. The van der Waals surface area contributed by atoms with Gasteiger partial charge >= 0.3 is 6.03 Å². The van der Waals surface area contributed by atoms with E-state index >= 15 is 0 Å². The van der Waals surface area contributed by atoms with Crippen LogP contribution in [0.15, 0.2) is 30.5 Å². The van der Waals surface area contributed by atoms with Crippen molar-refractivity contribution in [2.24, 2.45) is 7.05 Å². The molecule has 7 heteroatoms. The van der Waals surface area contributed by atoms with Crippen molar-refractivity contribution in [1.29, 1.82) is 0 Å². The second-order valence-electron chi connectivity index (χ2n) is 5.52. The monoisotopic (exact) mass is 303 g/mol. The van der Waals surface area contributed by atoms with Crippen LogP contribution in [-0.4, -0.2) is 32.0 Å². The van der Waals surface area contributed by atoms with Gasteiger partial charge in [0.05, 0.1) is 6.20 Å². The number of nitrogens with zero attached hydrogens (tertiary/aromatic N) is 4. The van der Waals surface area contributed by atoms with E-state index in [1.165, 1.54) is 23.0 Å². The molecule has 1 aromatic carbocycles. The maximum atomic E-state index is 13.3. The molecule has 0 bridgehead atoms. The minimum Gasteiger partial charge on any atom is -0.317 e. The molecule has 22 heavy (non-hydrogen) atoms.